The molecule has 1 aromatic carbocycles. The summed E-state index contributed by atoms with van der Waals surface area (Å²) in [5.74, 6) is -2.15. The Bertz CT molecular complexity index is 973. The van der Waals surface area contributed by atoms with E-state index in [1.54, 1.807) is 19.1 Å². The monoisotopic (exact) mass is 540 g/mol. The van der Waals surface area contributed by atoms with Gasteiger partial charge in [-0.15, -0.1) is 0 Å². The minimum absolute atomic E-state index is 0.260. The van der Waals surface area contributed by atoms with Gasteiger partial charge in [0.15, 0.2) is 12.2 Å². The van der Waals surface area contributed by atoms with Crippen molar-refractivity contribution >= 4 is 35.3 Å². The van der Waals surface area contributed by atoms with Crippen molar-refractivity contribution in [3.63, 3.8) is 0 Å². The molecule has 5 atom stereocenters. The summed E-state index contributed by atoms with van der Waals surface area (Å²) in [6, 6.07) is 5.37. The third-order valence-corrected chi connectivity index (χ3v) is 6.19. The SMILES string of the molecule is CNCCN(C)C(=S)OCc1ccc(O[C@@H]2O[C@H](C(=O)OC)[C@@H](C)[C@H](OC(C)=O)[C@H]2OC(C)=O)c(C)c1. The molecule has 12 heteroatoms. The Hall–Kier alpha value is -2.96. The van der Waals surface area contributed by atoms with Crippen LogP contribution in [0, 0.1) is 12.8 Å². The number of esters is 3. The van der Waals surface area contributed by atoms with Gasteiger partial charge in [-0.2, -0.15) is 0 Å². The van der Waals surface area contributed by atoms with Gasteiger partial charge >= 0.3 is 17.9 Å². The highest BCUT2D eigenvalue weighted by atomic mass is 32.1. The van der Waals surface area contributed by atoms with E-state index in [0.29, 0.717) is 17.5 Å². The number of aryl methyl sites for hydroxylation is 1. The van der Waals surface area contributed by atoms with Crippen LogP contribution in [-0.2, 0) is 44.7 Å². The summed E-state index contributed by atoms with van der Waals surface area (Å²) in [6.45, 7) is 7.66. The van der Waals surface area contributed by atoms with Gasteiger partial charge in [-0.3, -0.25) is 9.59 Å². The Kier molecular flexibility index (Phi) is 11.5. The van der Waals surface area contributed by atoms with E-state index in [1.165, 1.54) is 21.0 Å². The number of benzene rings is 1. The molecule has 0 bridgehead atoms. The van der Waals surface area contributed by atoms with Crippen LogP contribution in [0.4, 0.5) is 0 Å². The molecular weight excluding hydrogens is 504 g/mol. The van der Waals surface area contributed by atoms with Crippen molar-refractivity contribution in [2.75, 3.05) is 34.3 Å². The molecule has 2 rings (SSSR count). The van der Waals surface area contributed by atoms with Gasteiger partial charge in [-0.25, -0.2) is 4.79 Å². The van der Waals surface area contributed by atoms with Crippen molar-refractivity contribution in [1.29, 1.82) is 0 Å². The summed E-state index contributed by atoms with van der Waals surface area (Å²) in [4.78, 5) is 37.9. The van der Waals surface area contributed by atoms with Crippen molar-refractivity contribution in [3.8, 4) is 5.75 Å². The minimum atomic E-state index is -1.25. The van der Waals surface area contributed by atoms with Crippen molar-refractivity contribution < 1.29 is 42.8 Å². The number of methoxy groups -OCH3 is 1. The van der Waals surface area contributed by atoms with Crippen LogP contribution in [0.1, 0.15) is 31.9 Å². The van der Waals surface area contributed by atoms with Crippen molar-refractivity contribution in [2.45, 2.75) is 58.9 Å². The number of likely N-dealkylation sites (N-methyl/N-ethyl adjacent to an activating group) is 2. The number of hydrogen-bond acceptors (Lipinski definition) is 11. The average Bonchev–Trinajstić information content (AvgIpc) is 2.84. The number of carbonyl (C=O) groups excluding carboxylic acids is 3. The number of thiocarbonyl (C=S) groups is 1. The molecule has 11 nitrogen and oxygen atoms in total. The first-order chi connectivity index (χ1) is 17.5. The van der Waals surface area contributed by atoms with E-state index in [9.17, 15) is 14.4 Å². The van der Waals surface area contributed by atoms with Crippen LogP contribution in [0.25, 0.3) is 0 Å². The molecule has 1 aliphatic rings. The van der Waals surface area contributed by atoms with Gasteiger partial charge in [0.25, 0.3) is 5.17 Å². The topological polar surface area (TPSA) is 122 Å². The van der Waals surface area contributed by atoms with Crippen LogP contribution >= 0.6 is 12.2 Å². The van der Waals surface area contributed by atoms with Gasteiger partial charge in [0.2, 0.25) is 12.4 Å². The highest BCUT2D eigenvalue weighted by Gasteiger charge is 2.52. The molecular formula is C25H36N2O9S. The predicted molar refractivity (Wildman–Crippen MR) is 137 cm³/mol. The lowest BCUT2D eigenvalue weighted by molar-refractivity contribution is -0.266. The molecule has 0 aliphatic carbocycles. The highest BCUT2D eigenvalue weighted by molar-refractivity contribution is 7.80. The summed E-state index contributed by atoms with van der Waals surface area (Å²) in [5.41, 5.74) is 1.59. The van der Waals surface area contributed by atoms with E-state index in [0.717, 1.165) is 17.7 Å². The Morgan fingerprint density at radius 3 is 2.35 bits per heavy atom. The van der Waals surface area contributed by atoms with Crippen molar-refractivity contribution in [3.05, 3.63) is 29.3 Å². The molecule has 1 saturated heterocycles. The van der Waals surface area contributed by atoms with Gasteiger partial charge in [0, 0.05) is 39.9 Å². The molecule has 1 aliphatic heterocycles. The van der Waals surface area contributed by atoms with Gasteiger partial charge in [-0.05, 0) is 49.4 Å². The molecule has 37 heavy (non-hydrogen) atoms. The number of hydrogen-bond donors (Lipinski definition) is 1. The fraction of sp³-hybridized carbons (Fsp3) is 0.600. The first-order valence-electron chi connectivity index (χ1n) is 11.8. The Morgan fingerprint density at radius 1 is 1.14 bits per heavy atom. The highest BCUT2D eigenvalue weighted by Crippen LogP contribution is 2.33. The second-order valence-electron chi connectivity index (χ2n) is 8.75. The zero-order valence-corrected chi connectivity index (χ0v) is 23.1. The molecule has 0 unspecified atom stereocenters. The summed E-state index contributed by atoms with van der Waals surface area (Å²) < 4.78 is 33.4. The molecule has 0 spiro atoms. The van der Waals surface area contributed by atoms with Gasteiger partial charge in [0.1, 0.15) is 12.4 Å². The van der Waals surface area contributed by atoms with Crippen LogP contribution in [0.2, 0.25) is 0 Å². The molecule has 206 valence electrons. The second kappa shape index (κ2) is 14.1. The van der Waals surface area contributed by atoms with Gasteiger partial charge in [-0.1, -0.05) is 13.0 Å². The van der Waals surface area contributed by atoms with Crippen molar-refractivity contribution in [2.24, 2.45) is 5.92 Å². The lowest BCUT2D eigenvalue weighted by Gasteiger charge is -2.42. The minimum Gasteiger partial charge on any atom is -0.467 e. The summed E-state index contributed by atoms with van der Waals surface area (Å²) >= 11 is 5.32. The van der Waals surface area contributed by atoms with Crippen LogP contribution in [-0.4, -0.2) is 86.9 Å². The Morgan fingerprint density at radius 2 is 1.78 bits per heavy atom. The second-order valence-corrected chi connectivity index (χ2v) is 9.10. The molecule has 1 fully saturated rings. The smallest absolute Gasteiger partial charge is 0.335 e. The van der Waals surface area contributed by atoms with E-state index in [1.807, 2.05) is 32.0 Å². The molecule has 0 aromatic heterocycles. The lowest BCUT2D eigenvalue weighted by Crippen LogP contribution is -2.60. The van der Waals surface area contributed by atoms with Crippen LogP contribution in [0.15, 0.2) is 18.2 Å². The number of carbonyl (C=O) groups is 3. The number of rotatable bonds is 10. The third-order valence-electron chi connectivity index (χ3n) is 5.76. The van der Waals surface area contributed by atoms with Crippen LogP contribution in [0.3, 0.4) is 0 Å². The quantitative estimate of drug-likeness (QED) is 0.264. The standard InChI is InChI=1S/C25H36N2O9S/c1-14-12-18(13-32-25(37)27(6)11-10-26-5)8-9-19(14)35-24-22(34-17(4)29)20(33-16(3)28)15(2)21(36-24)23(30)31-7/h8-9,12,15,20-22,24,26H,10-11,13H2,1-7H3/t15-,20-,21-,22+,24+/m0/s1. The maximum atomic E-state index is 12.4. The van der Waals surface area contributed by atoms with Gasteiger partial charge < -0.3 is 38.6 Å². The molecule has 0 radical (unpaired) electrons. The third kappa shape index (κ3) is 8.54. The zero-order chi connectivity index (χ0) is 27.7. The molecule has 0 amide bonds. The first kappa shape index (κ1) is 30.3. The van der Waals surface area contributed by atoms with E-state index in [2.05, 4.69) is 5.32 Å². The fourth-order valence-electron chi connectivity index (χ4n) is 3.82. The Labute approximate surface area is 222 Å². The molecule has 1 heterocycles. The van der Waals surface area contributed by atoms with E-state index < -0.39 is 48.4 Å². The summed E-state index contributed by atoms with van der Waals surface area (Å²) in [7, 11) is 4.95. The first-order valence-corrected chi connectivity index (χ1v) is 12.3. The molecule has 1 aromatic rings. The summed E-state index contributed by atoms with van der Waals surface area (Å²) in [5, 5.41) is 3.44. The average molecular weight is 541 g/mol. The Balaban J connectivity index is 2.23. The normalized spacial score (nSPS) is 22.9. The maximum absolute atomic E-state index is 12.4. The van der Waals surface area contributed by atoms with Crippen LogP contribution < -0.4 is 10.1 Å². The van der Waals surface area contributed by atoms with Gasteiger partial charge in [0.05, 0.1) is 7.11 Å². The number of nitrogens with one attached hydrogen (secondary N) is 1. The number of ether oxygens (including phenoxy) is 6. The van der Waals surface area contributed by atoms with E-state index in [-0.39, 0.29) is 6.61 Å². The predicted octanol–water partition coefficient (Wildman–Crippen LogP) is 1.72. The van der Waals surface area contributed by atoms with Crippen LogP contribution in [0.5, 0.6) is 5.75 Å². The zero-order valence-electron chi connectivity index (χ0n) is 22.3. The lowest BCUT2D eigenvalue weighted by atomic mass is 9.90. The maximum Gasteiger partial charge on any atom is 0.335 e. The fourth-order valence-corrected chi connectivity index (χ4v) is 3.97. The van der Waals surface area contributed by atoms with E-state index in [4.69, 9.17) is 40.6 Å². The van der Waals surface area contributed by atoms with Crippen molar-refractivity contribution in [1.82, 2.24) is 10.2 Å². The largest absolute Gasteiger partial charge is 0.467 e. The summed E-state index contributed by atoms with van der Waals surface area (Å²) in [6.07, 6.45) is -4.48. The molecule has 1 N–H and O–H groups in total. The van der Waals surface area contributed by atoms with E-state index >= 15 is 0 Å². The number of nitrogens with zero attached hydrogens (tertiary/aromatic N) is 1. The molecule has 0 saturated carbocycles.